The number of rotatable bonds is 2. The number of carbonyl (C=O) groups is 3. The van der Waals surface area contributed by atoms with Crippen molar-refractivity contribution in [3.8, 4) is 0 Å². The number of anilines is 1. The van der Waals surface area contributed by atoms with E-state index in [-0.39, 0.29) is 18.2 Å². The Morgan fingerprint density at radius 3 is 2.70 bits per heavy atom. The molecule has 2 aliphatic heterocycles. The van der Waals surface area contributed by atoms with Gasteiger partial charge in [-0.05, 0) is 24.6 Å². The SMILES string of the molecule is O=[S+]c1ccc2c3c(cccc13)C(=O)N2C1CCC(=O)NC1=O. The van der Waals surface area contributed by atoms with Gasteiger partial charge in [-0.1, -0.05) is 6.07 Å². The summed E-state index contributed by atoms with van der Waals surface area (Å²) in [7, 11) is 0. The highest BCUT2D eigenvalue weighted by Crippen LogP contribution is 2.41. The van der Waals surface area contributed by atoms with Crippen molar-refractivity contribution in [2.24, 2.45) is 0 Å². The maximum Gasteiger partial charge on any atom is 0.505 e. The van der Waals surface area contributed by atoms with Crippen LogP contribution in [0, 0.1) is 0 Å². The normalized spacial score (nSPS) is 20.1. The molecule has 6 nitrogen and oxygen atoms in total. The minimum absolute atomic E-state index is 0.203. The molecule has 0 radical (unpaired) electrons. The molecule has 2 aliphatic rings. The highest BCUT2D eigenvalue weighted by molar-refractivity contribution is 7.66. The molecule has 0 saturated carbocycles. The molecule has 0 aromatic heterocycles. The second-order valence-corrected chi connectivity index (χ2v) is 6.14. The lowest BCUT2D eigenvalue weighted by Gasteiger charge is -2.30. The molecule has 4 rings (SSSR count). The van der Waals surface area contributed by atoms with Gasteiger partial charge in [0.05, 0.1) is 16.6 Å². The first-order valence-corrected chi connectivity index (χ1v) is 7.89. The van der Waals surface area contributed by atoms with Gasteiger partial charge in [-0.25, -0.2) is 0 Å². The van der Waals surface area contributed by atoms with Crippen LogP contribution in [0.4, 0.5) is 5.69 Å². The average molecular weight is 327 g/mol. The van der Waals surface area contributed by atoms with E-state index in [9.17, 15) is 18.6 Å². The lowest BCUT2D eigenvalue weighted by molar-refractivity contribution is -0.134. The molecule has 23 heavy (non-hydrogen) atoms. The van der Waals surface area contributed by atoms with E-state index in [1.807, 2.05) is 0 Å². The number of benzene rings is 2. The van der Waals surface area contributed by atoms with Gasteiger partial charge in [0.25, 0.3) is 10.8 Å². The highest BCUT2D eigenvalue weighted by atomic mass is 32.1. The summed E-state index contributed by atoms with van der Waals surface area (Å²) in [5.74, 6) is -1.05. The largest absolute Gasteiger partial charge is 0.505 e. The Hall–Kier alpha value is -2.67. The summed E-state index contributed by atoms with van der Waals surface area (Å²) >= 11 is 0.379. The van der Waals surface area contributed by atoms with E-state index in [1.165, 1.54) is 4.90 Å². The maximum absolute atomic E-state index is 12.8. The van der Waals surface area contributed by atoms with Crippen molar-refractivity contribution in [2.75, 3.05) is 4.90 Å². The molecule has 114 valence electrons. The highest BCUT2D eigenvalue weighted by Gasteiger charge is 2.41. The third-order valence-electron chi connectivity index (χ3n) is 4.30. The molecular formula is C16H11N2O4S+. The summed E-state index contributed by atoms with van der Waals surface area (Å²) in [4.78, 5) is 38.3. The number of nitrogens with one attached hydrogen (secondary N) is 1. The summed E-state index contributed by atoms with van der Waals surface area (Å²) in [6.45, 7) is 0. The van der Waals surface area contributed by atoms with Crippen LogP contribution in [-0.4, -0.2) is 23.8 Å². The Bertz CT molecular complexity index is 908. The van der Waals surface area contributed by atoms with Crippen LogP contribution in [0.2, 0.25) is 0 Å². The van der Waals surface area contributed by atoms with Crippen LogP contribution in [0.1, 0.15) is 23.2 Å². The fraction of sp³-hybridized carbons (Fsp3) is 0.188. The van der Waals surface area contributed by atoms with Gasteiger partial charge in [0, 0.05) is 22.1 Å². The number of amides is 3. The van der Waals surface area contributed by atoms with Gasteiger partial charge in [-0.3, -0.25) is 24.6 Å². The first-order chi connectivity index (χ1) is 11.1. The summed E-state index contributed by atoms with van der Waals surface area (Å²) < 4.78 is 11.3. The van der Waals surface area contributed by atoms with Crippen LogP contribution in [0.15, 0.2) is 35.2 Å². The molecule has 1 atom stereocenters. The Kier molecular flexibility index (Phi) is 2.99. The van der Waals surface area contributed by atoms with Crippen LogP contribution in [0.25, 0.3) is 10.8 Å². The van der Waals surface area contributed by atoms with E-state index >= 15 is 0 Å². The molecule has 0 bridgehead atoms. The second-order valence-electron chi connectivity index (χ2n) is 5.54. The summed E-state index contributed by atoms with van der Waals surface area (Å²) in [5, 5.41) is 3.69. The minimum Gasteiger partial charge on any atom is -0.295 e. The van der Waals surface area contributed by atoms with Gasteiger partial charge in [-0.15, -0.1) is 0 Å². The Morgan fingerprint density at radius 1 is 1.13 bits per heavy atom. The van der Waals surface area contributed by atoms with Gasteiger partial charge >= 0.3 is 11.7 Å². The van der Waals surface area contributed by atoms with Gasteiger partial charge < -0.3 is 0 Å². The van der Waals surface area contributed by atoms with Crippen molar-refractivity contribution in [1.82, 2.24) is 5.32 Å². The molecule has 1 saturated heterocycles. The number of carbonyl (C=O) groups excluding carboxylic acids is 3. The number of hydrogen-bond donors (Lipinski definition) is 1. The fourth-order valence-corrected chi connectivity index (χ4v) is 3.67. The Morgan fingerprint density at radius 2 is 1.96 bits per heavy atom. The zero-order valence-corrected chi connectivity index (χ0v) is 12.7. The van der Waals surface area contributed by atoms with Crippen molar-refractivity contribution in [1.29, 1.82) is 0 Å². The lowest BCUT2D eigenvalue weighted by atomic mass is 10.0. The smallest absolute Gasteiger partial charge is 0.295 e. The lowest BCUT2D eigenvalue weighted by Crippen LogP contribution is -2.53. The standard InChI is InChI=1S/C16H10N2O4S/c19-13-7-5-11(15(20)17-13)18-10-4-6-12(23-22)8-2-1-3-9(14(8)10)16(18)21/h1-4,6,11H,5,7H2/p+1. The van der Waals surface area contributed by atoms with Crippen LogP contribution < -0.4 is 10.2 Å². The third-order valence-corrected chi connectivity index (χ3v) is 4.83. The molecule has 2 heterocycles. The summed E-state index contributed by atoms with van der Waals surface area (Å²) in [5.41, 5.74) is 1.10. The summed E-state index contributed by atoms with van der Waals surface area (Å²) in [6, 6.07) is 7.87. The molecule has 0 aliphatic carbocycles. The van der Waals surface area contributed by atoms with E-state index < -0.39 is 11.9 Å². The monoisotopic (exact) mass is 327 g/mol. The first-order valence-electron chi connectivity index (χ1n) is 7.14. The molecule has 2 aromatic carbocycles. The molecule has 3 amide bonds. The molecule has 1 fully saturated rings. The van der Waals surface area contributed by atoms with Crippen molar-refractivity contribution >= 4 is 45.8 Å². The van der Waals surface area contributed by atoms with Crippen molar-refractivity contribution < 1.29 is 18.6 Å². The topological polar surface area (TPSA) is 83.6 Å². The van der Waals surface area contributed by atoms with E-state index in [4.69, 9.17) is 0 Å². The second kappa shape index (κ2) is 4.92. The van der Waals surface area contributed by atoms with Gasteiger partial charge in [0.2, 0.25) is 11.8 Å². The average Bonchev–Trinajstić information content (AvgIpc) is 2.83. The van der Waals surface area contributed by atoms with Crippen molar-refractivity contribution in [2.45, 2.75) is 23.8 Å². The van der Waals surface area contributed by atoms with Crippen LogP contribution in [0.5, 0.6) is 0 Å². The molecule has 1 unspecified atom stereocenters. The molecular weight excluding hydrogens is 316 g/mol. The number of imide groups is 1. The molecule has 0 spiro atoms. The molecule has 7 heteroatoms. The quantitative estimate of drug-likeness (QED) is 0.667. The van der Waals surface area contributed by atoms with Crippen LogP contribution >= 0.6 is 0 Å². The van der Waals surface area contributed by atoms with E-state index in [0.717, 1.165) is 0 Å². The van der Waals surface area contributed by atoms with Crippen LogP contribution in [-0.2, 0) is 25.5 Å². The molecule has 1 N–H and O–H groups in total. The maximum atomic E-state index is 12.8. The van der Waals surface area contributed by atoms with Crippen molar-refractivity contribution in [3.63, 3.8) is 0 Å². The van der Waals surface area contributed by atoms with Gasteiger partial charge in [0.15, 0.2) is 0 Å². The first kappa shape index (κ1) is 14.0. The fourth-order valence-electron chi connectivity index (χ4n) is 3.29. The predicted molar refractivity (Wildman–Crippen MR) is 83.2 cm³/mol. The van der Waals surface area contributed by atoms with E-state index in [2.05, 4.69) is 5.32 Å². The third kappa shape index (κ3) is 1.90. The van der Waals surface area contributed by atoms with E-state index in [1.54, 1.807) is 30.3 Å². The number of nitrogens with zero attached hydrogens (tertiary/aromatic N) is 1. The van der Waals surface area contributed by atoms with Gasteiger partial charge in [-0.2, -0.15) is 0 Å². The molecule has 2 aromatic rings. The Labute approximate surface area is 134 Å². The zero-order valence-electron chi connectivity index (χ0n) is 11.9. The zero-order chi connectivity index (χ0) is 16.1. The van der Waals surface area contributed by atoms with E-state index in [0.29, 0.717) is 45.0 Å². The van der Waals surface area contributed by atoms with Crippen LogP contribution in [0.3, 0.4) is 0 Å². The van der Waals surface area contributed by atoms with Crippen molar-refractivity contribution in [3.05, 3.63) is 35.9 Å². The summed E-state index contributed by atoms with van der Waals surface area (Å²) in [6.07, 6.45) is 0.498. The minimum atomic E-state index is -0.707. The predicted octanol–water partition coefficient (Wildman–Crippen LogP) is 1.39. The van der Waals surface area contributed by atoms with Gasteiger partial charge in [0.1, 0.15) is 6.04 Å². The number of hydrogen-bond acceptors (Lipinski definition) is 4. The Balaban J connectivity index is 1.90. The number of piperidine rings is 1.